The molecule has 6 nitrogen and oxygen atoms in total. The first-order chi connectivity index (χ1) is 17.4. The summed E-state index contributed by atoms with van der Waals surface area (Å²) in [5.74, 6) is 0.684. The Kier molecular flexibility index (Phi) is 8.54. The molecular formula is C28H32ClN3O3S. The number of carbonyl (C=O) groups excluding carboxylic acids is 2. The molecular weight excluding hydrogens is 494 g/mol. The first-order valence-corrected chi connectivity index (χ1v) is 13.5. The second kappa shape index (κ2) is 11.8. The van der Waals surface area contributed by atoms with E-state index in [0.29, 0.717) is 23.9 Å². The van der Waals surface area contributed by atoms with Crippen molar-refractivity contribution < 1.29 is 14.3 Å². The molecule has 0 radical (unpaired) electrons. The third kappa shape index (κ3) is 6.20. The highest BCUT2D eigenvalue weighted by atomic mass is 35.5. The molecule has 0 saturated heterocycles. The first kappa shape index (κ1) is 26.0. The lowest BCUT2D eigenvalue weighted by atomic mass is 10.00. The topological polar surface area (TPSA) is 61.9 Å². The summed E-state index contributed by atoms with van der Waals surface area (Å²) in [5, 5.41) is 5.50. The van der Waals surface area contributed by atoms with Crippen LogP contribution in [0, 0.1) is 6.92 Å². The molecule has 1 aliphatic heterocycles. The molecule has 3 aromatic rings. The van der Waals surface area contributed by atoms with E-state index in [4.69, 9.17) is 16.3 Å². The van der Waals surface area contributed by atoms with Gasteiger partial charge >= 0.3 is 6.03 Å². The third-order valence-electron chi connectivity index (χ3n) is 6.61. The van der Waals surface area contributed by atoms with Crippen LogP contribution < -0.4 is 10.1 Å². The minimum atomic E-state index is -0.319. The van der Waals surface area contributed by atoms with E-state index in [1.165, 1.54) is 4.88 Å². The number of rotatable bonds is 8. The maximum atomic E-state index is 13.7. The zero-order valence-corrected chi connectivity index (χ0v) is 22.4. The second-order valence-corrected chi connectivity index (χ2v) is 10.5. The Balaban J connectivity index is 1.50. The number of thiophene rings is 1. The van der Waals surface area contributed by atoms with Gasteiger partial charge in [0.05, 0.1) is 6.04 Å². The average molecular weight is 526 g/mol. The Morgan fingerprint density at radius 2 is 2.00 bits per heavy atom. The number of nitrogens with one attached hydrogen (secondary N) is 1. The Labute approximate surface area is 221 Å². The van der Waals surface area contributed by atoms with Crippen LogP contribution in [0.5, 0.6) is 5.75 Å². The molecule has 1 aromatic heterocycles. The highest BCUT2D eigenvalue weighted by molar-refractivity contribution is 7.10. The van der Waals surface area contributed by atoms with E-state index in [-0.39, 0.29) is 30.6 Å². The molecule has 0 aliphatic carbocycles. The van der Waals surface area contributed by atoms with Gasteiger partial charge in [-0.25, -0.2) is 4.79 Å². The Bertz CT molecular complexity index is 1200. The lowest BCUT2D eigenvalue weighted by molar-refractivity contribution is -0.135. The van der Waals surface area contributed by atoms with Gasteiger partial charge in [-0.2, -0.15) is 0 Å². The number of amides is 3. The van der Waals surface area contributed by atoms with Crippen LogP contribution in [0.2, 0.25) is 5.02 Å². The largest absolute Gasteiger partial charge is 0.491 e. The molecule has 3 amide bonds. The number of carbonyl (C=O) groups is 2. The molecule has 4 rings (SSSR count). The van der Waals surface area contributed by atoms with Crippen LogP contribution in [0.15, 0.2) is 60.0 Å². The van der Waals surface area contributed by atoms with Crippen LogP contribution in [0.25, 0.3) is 0 Å². The normalized spacial score (nSPS) is 15.7. The summed E-state index contributed by atoms with van der Waals surface area (Å²) in [6.07, 6.45) is 1.53. The number of benzene rings is 2. The van der Waals surface area contributed by atoms with E-state index in [1.807, 2.05) is 49.9 Å². The van der Waals surface area contributed by atoms with Gasteiger partial charge in [0, 0.05) is 28.2 Å². The van der Waals surface area contributed by atoms with Crippen molar-refractivity contribution in [2.24, 2.45) is 0 Å². The van der Waals surface area contributed by atoms with Crippen LogP contribution in [0.4, 0.5) is 10.5 Å². The molecule has 1 N–H and O–H groups in total. The molecule has 2 atom stereocenters. The van der Waals surface area contributed by atoms with Crippen molar-refractivity contribution in [3.63, 3.8) is 0 Å². The first-order valence-electron chi connectivity index (χ1n) is 12.2. The predicted octanol–water partition coefficient (Wildman–Crippen LogP) is 6.55. The monoisotopic (exact) mass is 525 g/mol. The fourth-order valence-electron chi connectivity index (χ4n) is 4.33. The summed E-state index contributed by atoms with van der Waals surface area (Å²) in [6, 6.07) is 16.4. The minimum absolute atomic E-state index is 0.0120. The van der Waals surface area contributed by atoms with Gasteiger partial charge in [-0.1, -0.05) is 42.3 Å². The van der Waals surface area contributed by atoms with E-state index in [0.717, 1.165) is 29.7 Å². The van der Waals surface area contributed by atoms with Crippen LogP contribution in [-0.4, -0.2) is 47.5 Å². The van der Waals surface area contributed by atoms with Crippen molar-refractivity contribution in [2.45, 2.75) is 45.7 Å². The van der Waals surface area contributed by atoms with Crippen molar-refractivity contribution in [3.05, 3.63) is 81.0 Å². The zero-order chi connectivity index (χ0) is 25.7. The Hall–Kier alpha value is -3.03. The van der Waals surface area contributed by atoms with Crippen LogP contribution in [0.3, 0.4) is 0 Å². The number of urea groups is 1. The van der Waals surface area contributed by atoms with E-state index < -0.39 is 0 Å². The van der Waals surface area contributed by atoms with Crippen LogP contribution in [0.1, 0.15) is 42.3 Å². The standard InChI is InChI=1S/C28H32ClN3O3S/c1-4-20(3)32(28(34)30-22-7-5-6-21(29)16-22)17-27(33)31-14-12-26-24(13-15-36-26)25(31)18-35-23-10-8-19(2)9-11-23/h5-11,13,15-16,20,25H,4,12,14,17-18H2,1-3H3,(H,30,34). The van der Waals surface area contributed by atoms with Gasteiger partial charge in [-0.05, 0) is 74.0 Å². The molecule has 0 saturated carbocycles. The van der Waals surface area contributed by atoms with Crippen LogP contribution in [-0.2, 0) is 11.2 Å². The highest BCUT2D eigenvalue weighted by Crippen LogP contribution is 2.34. The van der Waals surface area contributed by atoms with Crippen molar-refractivity contribution in [3.8, 4) is 5.75 Å². The fourth-order valence-corrected chi connectivity index (χ4v) is 5.45. The van der Waals surface area contributed by atoms with Crippen molar-refractivity contribution in [2.75, 3.05) is 25.0 Å². The smallest absolute Gasteiger partial charge is 0.322 e. The minimum Gasteiger partial charge on any atom is -0.491 e. The molecule has 0 fully saturated rings. The fraction of sp³-hybridized carbons (Fsp3) is 0.357. The predicted molar refractivity (Wildman–Crippen MR) is 146 cm³/mol. The molecule has 0 bridgehead atoms. The van der Waals surface area contributed by atoms with Gasteiger partial charge in [0.2, 0.25) is 5.91 Å². The number of halogens is 1. The van der Waals surface area contributed by atoms with Gasteiger partial charge in [0.25, 0.3) is 0 Å². The number of hydrogen-bond donors (Lipinski definition) is 1. The number of anilines is 1. The summed E-state index contributed by atoms with van der Waals surface area (Å²) >= 11 is 7.79. The summed E-state index contributed by atoms with van der Waals surface area (Å²) < 4.78 is 6.12. The summed E-state index contributed by atoms with van der Waals surface area (Å²) in [4.78, 5) is 31.6. The molecule has 0 spiro atoms. The highest BCUT2D eigenvalue weighted by Gasteiger charge is 2.34. The molecule has 2 heterocycles. The number of aryl methyl sites for hydroxylation is 1. The van der Waals surface area contributed by atoms with Crippen molar-refractivity contribution >= 4 is 40.6 Å². The van der Waals surface area contributed by atoms with E-state index >= 15 is 0 Å². The average Bonchev–Trinajstić information content (AvgIpc) is 3.35. The van der Waals surface area contributed by atoms with E-state index in [2.05, 4.69) is 16.8 Å². The van der Waals surface area contributed by atoms with Gasteiger partial charge in [0.15, 0.2) is 0 Å². The lowest BCUT2D eigenvalue weighted by Crippen LogP contribution is -2.50. The molecule has 8 heteroatoms. The van der Waals surface area contributed by atoms with Gasteiger partial charge in [-0.15, -0.1) is 11.3 Å². The maximum Gasteiger partial charge on any atom is 0.322 e. The Morgan fingerprint density at radius 3 is 2.72 bits per heavy atom. The molecule has 2 unspecified atom stereocenters. The van der Waals surface area contributed by atoms with Gasteiger partial charge in [-0.3, -0.25) is 4.79 Å². The van der Waals surface area contributed by atoms with Crippen LogP contribution >= 0.6 is 22.9 Å². The van der Waals surface area contributed by atoms with E-state index in [9.17, 15) is 9.59 Å². The summed E-state index contributed by atoms with van der Waals surface area (Å²) in [7, 11) is 0. The third-order valence-corrected chi connectivity index (χ3v) is 7.84. The quantitative estimate of drug-likeness (QED) is 0.363. The number of ether oxygens (including phenoxy) is 1. The van der Waals surface area contributed by atoms with Gasteiger partial charge < -0.3 is 19.9 Å². The molecule has 2 aromatic carbocycles. The molecule has 1 aliphatic rings. The zero-order valence-electron chi connectivity index (χ0n) is 20.9. The SMILES string of the molecule is CCC(C)N(CC(=O)N1CCc2sccc2C1COc1ccc(C)cc1)C(=O)Nc1cccc(Cl)c1. The van der Waals surface area contributed by atoms with Gasteiger partial charge in [0.1, 0.15) is 18.9 Å². The summed E-state index contributed by atoms with van der Waals surface area (Å²) in [5.41, 5.74) is 2.89. The Morgan fingerprint density at radius 1 is 1.22 bits per heavy atom. The number of fused-ring (bicyclic) bond motifs is 1. The second-order valence-electron chi connectivity index (χ2n) is 9.10. The maximum absolute atomic E-state index is 13.7. The van der Waals surface area contributed by atoms with E-state index in [1.54, 1.807) is 40.5 Å². The lowest BCUT2D eigenvalue weighted by Gasteiger charge is -2.38. The molecule has 190 valence electrons. The number of hydrogen-bond acceptors (Lipinski definition) is 4. The molecule has 36 heavy (non-hydrogen) atoms. The van der Waals surface area contributed by atoms with Crippen molar-refractivity contribution in [1.82, 2.24) is 9.80 Å². The summed E-state index contributed by atoms with van der Waals surface area (Å²) in [6.45, 7) is 6.94. The van der Waals surface area contributed by atoms with Crippen molar-refractivity contribution in [1.29, 1.82) is 0 Å². The number of nitrogens with zero attached hydrogens (tertiary/aromatic N) is 2.